The van der Waals surface area contributed by atoms with Crippen LogP contribution in [0.3, 0.4) is 0 Å². The van der Waals surface area contributed by atoms with Gasteiger partial charge in [-0.15, -0.1) is 0 Å². The summed E-state index contributed by atoms with van der Waals surface area (Å²) in [6.07, 6.45) is -3.54. The normalized spacial score (nSPS) is 15.2. The quantitative estimate of drug-likeness (QED) is 0.336. The standard InChI is InChI=1S/C28H31F3N6/c1-19(2)17-24-32-26(25-20(3)34-37(27(25)33-24)23-7-5-4-6-8-23)36-15-13-35(14-16-36)18-21-9-11-22(12-10-21)28(29,30)31/h4-12,19H,13-18H2,1-3H3. The zero-order valence-corrected chi connectivity index (χ0v) is 21.3. The first-order chi connectivity index (χ1) is 17.7. The maximum absolute atomic E-state index is 12.9. The zero-order valence-electron chi connectivity index (χ0n) is 21.3. The molecule has 0 bridgehead atoms. The molecule has 5 rings (SSSR count). The highest BCUT2D eigenvalue weighted by molar-refractivity contribution is 5.91. The Morgan fingerprint density at radius 2 is 1.57 bits per heavy atom. The van der Waals surface area contributed by atoms with Crippen molar-refractivity contribution in [2.75, 3.05) is 31.1 Å². The number of nitrogens with zero attached hydrogens (tertiary/aromatic N) is 6. The van der Waals surface area contributed by atoms with Gasteiger partial charge in [0.15, 0.2) is 5.65 Å². The van der Waals surface area contributed by atoms with Gasteiger partial charge in [-0.05, 0) is 42.7 Å². The van der Waals surface area contributed by atoms with Gasteiger partial charge in [0.25, 0.3) is 0 Å². The van der Waals surface area contributed by atoms with E-state index in [1.807, 2.05) is 41.9 Å². The molecular weight excluding hydrogens is 477 g/mol. The van der Waals surface area contributed by atoms with Crippen molar-refractivity contribution in [1.82, 2.24) is 24.6 Å². The number of anilines is 1. The lowest BCUT2D eigenvalue weighted by molar-refractivity contribution is -0.137. The summed E-state index contributed by atoms with van der Waals surface area (Å²) in [5, 5.41) is 5.79. The fourth-order valence-corrected chi connectivity index (χ4v) is 4.82. The molecule has 6 nitrogen and oxygen atoms in total. The molecule has 0 spiro atoms. The van der Waals surface area contributed by atoms with Crippen molar-refractivity contribution in [3.8, 4) is 5.69 Å². The number of aromatic nitrogens is 4. The molecule has 194 valence electrons. The summed E-state index contributed by atoms with van der Waals surface area (Å²) in [5.41, 5.74) is 2.93. The van der Waals surface area contributed by atoms with Crippen molar-refractivity contribution >= 4 is 16.9 Å². The third-order valence-corrected chi connectivity index (χ3v) is 6.68. The number of piperazine rings is 1. The van der Waals surface area contributed by atoms with Crippen LogP contribution in [0.1, 0.15) is 36.5 Å². The Labute approximate surface area is 214 Å². The molecule has 0 unspecified atom stereocenters. The minimum Gasteiger partial charge on any atom is -0.353 e. The van der Waals surface area contributed by atoms with Crippen LogP contribution >= 0.6 is 0 Å². The third kappa shape index (κ3) is 5.46. The van der Waals surface area contributed by atoms with Gasteiger partial charge < -0.3 is 4.90 Å². The van der Waals surface area contributed by atoms with Crippen LogP contribution in [-0.2, 0) is 19.1 Å². The Hall–Kier alpha value is -3.46. The van der Waals surface area contributed by atoms with E-state index in [0.717, 1.165) is 84.4 Å². The van der Waals surface area contributed by atoms with E-state index in [2.05, 4.69) is 23.6 Å². The molecule has 0 amide bonds. The molecule has 0 atom stereocenters. The van der Waals surface area contributed by atoms with Crippen molar-refractivity contribution in [3.63, 3.8) is 0 Å². The van der Waals surface area contributed by atoms with Gasteiger partial charge in [0.2, 0.25) is 0 Å². The first kappa shape index (κ1) is 25.2. The molecule has 37 heavy (non-hydrogen) atoms. The minimum absolute atomic E-state index is 0.417. The number of fused-ring (bicyclic) bond motifs is 1. The maximum atomic E-state index is 12.9. The van der Waals surface area contributed by atoms with E-state index in [1.165, 1.54) is 0 Å². The van der Waals surface area contributed by atoms with Crippen molar-refractivity contribution < 1.29 is 13.2 Å². The second kappa shape index (κ2) is 10.1. The van der Waals surface area contributed by atoms with Crippen molar-refractivity contribution in [2.24, 2.45) is 5.92 Å². The Kier molecular flexibility index (Phi) is 6.90. The van der Waals surface area contributed by atoms with Crippen LogP contribution < -0.4 is 4.90 Å². The molecule has 0 N–H and O–H groups in total. The van der Waals surface area contributed by atoms with Crippen LogP contribution in [0.4, 0.5) is 19.0 Å². The SMILES string of the molecule is Cc1nn(-c2ccccc2)c2nc(CC(C)C)nc(N3CCN(Cc4ccc(C(F)(F)F)cc4)CC3)c12. The van der Waals surface area contributed by atoms with Crippen molar-refractivity contribution in [3.05, 3.63) is 77.2 Å². The third-order valence-electron chi connectivity index (χ3n) is 6.68. The van der Waals surface area contributed by atoms with E-state index in [-0.39, 0.29) is 0 Å². The predicted octanol–water partition coefficient (Wildman–Crippen LogP) is 5.66. The fraction of sp³-hybridized carbons (Fsp3) is 0.393. The molecule has 0 aliphatic carbocycles. The van der Waals surface area contributed by atoms with E-state index < -0.39 is 11.7 Å². The Balaban J connectivity index is 1.39. The molecule has 1 aliphatic heterocycles. The molecular formula is C28H31F3N6. The van der Waals surface area contributed by atoms with Gasteiger partial charge in [-0.1, -0.05) is 44.2 Å². The van der Waals surface area contributed by atoms with Gasteiger partial charge in [0.1, 0.15) is 11.6 Å². The predicted molar refractivity (Wildman–Crippen MR) is 139 cm³/mol. The lowest BCUT2D eigenvalue weighted by Crippen LogP contribution is -2.46. The summed E-state index contributed by atoms with van der Waals surface area (Å²) < 4.78 is 40.6. The second-order valence-corrected chi connectivity index (χ2v) is 10.1. The summed E-state index contributed by atoms with van der Waals surface area (Å²) in [6.45, 7) is 10.1. The van der Waals surface area contributed by atoms with Gasteiger partial charge in [0, 0.05) is 39.1 Å². The summed E-state index contributed by atoms with van der Waals surface area (Å²) in [7, 11) is 0. The largest absolute Gasteiger partial charge is 0.416 e. The first-order valence-corrected chi connectivity index (χ1v) is 12.6. The van der Waals surface area contributed by atoms with Crippen LogP contribution in [0, 0.1) is 12.8 Å². The molecule has 4 aromatic rings. The molecule has 0 saturated carbocycles. The summed E-state index contributed by atoms with van der Waals surface area (Å²) in [5.74, 6) is 2.14. The van der Waals surface area contributed by atoms with Gasteiger partial charge in [-0.3, -0.25) is 4.90 Å². The molecule has 9 heteroatoms. The number of aryl methyl sites for hydroxylation is 1. The van der Waals surface area contributed by atoms with Crippen molar-refractivity contribution in [2.45, 2.75) is 39.9 Å². The average molecular weight is 509 g/mol. The molecule has 0 radical (unpaired) electrons. The monoisotopic (exact) mass is 508 g/mol. The van der Waals surface area contributed by atoms with Gasteiger partial charge in [-0.25, -0.2) is 14.6 Å². The lowest BCUT2D eigenvalue weighted by atomic mass is 10.1. The van der Waals surface area contributed by atoms with Crippen LogP contribution in [0.25, 0.3) is 16.7 Å². The lowest BCUT2D eigenvalue weighted by Gasteiger charge is -2.36. The van der Waals surface area contributed by atoms with Crippen LogP contribution in [0.5, 0.6) is 0 Å². The summed E-state index contributed by atoms with van der Waals surface area (Å²) in [4.78, 5) is 14.5. The molecule has 1 saturated heterocycles. The number of rotatable bonds is 6. The number of para-hydroxylation sites is 1. The van der Waals surface area contributed by atoms with E-state index >= 15 is 0 Å². The number of benzene rings is 2. The highest BCUT2D eigenvalue weighted by Crippen LogP contribution is 2.31. The highest BCUT2D eigenvalue weighted by Gasteiger charge is 2.30. The van der Waals surface area contributed by atoms with Crippen LogP contribution in [0.15, 0.2) is 54.6 Å². The van der Waals surface area contributed by atoms with Crippen LogP contribution in [-0.4, -0.2) is 50.8 Å². The van der Waals surface area contributed by atoms with Gasteiger partial charge in [-0.2, -0.15) is 18.3 Å². The number of alkyl halides is 3. The zero-order chi connectivity index (χ0) is 26.2. The Morgan fingerprint density at radius 3 is 2.19 bits per heavy atom. The van der Waals surface area contributed by atoms with Gasteiger partial charge in [0.05, 0.1) is 22.3 Å². The van der Waals surface area contributed by atoms with E-state index in [1.54, 1.807) is 12.1 Å². The molecule has 1 aliphatic rings. The first-order valence-electron chi connectivity index (χ1n) is 12.6. The van der Waals surface area contributed by atoms with Crippen LogP contribution in [0.2, 0.25) is 0 Å². The number of halogens is 3. The van der Waals surface area contributed by atoms with E-state index in [9.17, 15) is 13.2 Å². The number of hydrogen-bond acceptors (Lipinski definition) is 5. The molecule has 1 fully saturated rings. The fourth-order valence-electron chi connectivity index (χ4n) is 4.82. The minimum atomic E-state index is -4.31. The molecule has 2 aromatic carbocycles. The van der Waals surface area contributed by atoms with E-state index in [4.69, 9.17) is 15.1 Å². The van der Waals surface area contributed by atoms with Crippen molar-refractivity contribution in [1.29, 1.82) is 0 Å². The molecule has 3 heterocycles. The maximum Gasteiger partial charge on any atom is 0.416 e. The Morgan fingerprint density at radius 1 is 0.892 bits per heavy atom. The topological polar surface area (TPSA) is 50.1 Å². The smallest absolute Gasteiger partial charge is 0.353 e. The second-order valence-electron chi connectivity index (χ2n) is 10.1. The highest BCUT2D eigenvalue weighted by atomic mass is 19.4. The number of hydrogen-bond donors (Lipinski definition) is 0. The summed E-state index contributed by atoms with van der Waals surface area (Å²) >= 11 is 0. The van der Waals surface area contributed by atoms with Gasteiger partial charge >= 0.3 is 6.18 Å². The Bertz CT molecular complexity index is 1350. The average Bonchev–Trinajstić information content (AvgIpc) is 3.20. The van der Waals surface area contributed by atoms with E-state index in [0.29, 0.717) is 12.5 Å². The molecule has 2 aromatic heterocycles. The summed E-state index contributed by atoms with van der Waals surface area (Å²) in [6, 6.07) is 15.5.